The summed E-state index contributed by atoms with van der Waals surface area (Å²) in [5.41, 5.74) is 3.01. The Morgan fingerprint density at radius 2 is 1.97 bits per heavy atom. The zero-order chi connectivity index (χ0) is 20.8. The number of imidazole rings is 1. The van der Waals surface area contributed by atoms with E-state index in [-0.39, 0.29) is 11.7 Å². The second-order valence-corrected chi connectivity index (χ2v) is 7.54. The highest BCUT2D eigenvalue weighted by Gasteiger charge is 2.10. The molecule has 30 heavy (non-hydrogen) atoms. The standard InChI is InChI=1S/C21H22N6O2S/c1-29-17-9-7-16(8-10-17)27-15-24-25-21(27)30-13-20(28)22-11-4-12-26-14-23-18-5-2-3-6-19(18)26/h2-3,5-10,14-15H,4,11-13H2,1H3,(H,22,28). The molecule has 0 bridgehead atoms. The summed E-state index contributed by atoms with van der Waals surface area (Å²) in [6, 6.07) is 15.6. The topological polar surface area (TPSA) is 86.9 Å². The highest BCUT2D eigenvalue weighted by molar-refractivity contribution is 7.99. The molecule has 0 aliphatic heterocycles. The van der Waals surface area contributed by atoms with Crippen LogP contribution in [0.1, 0.15) is 6.42 Å². The van der Waals surface area contributed by atoms with E-state index in [4.69, 9.17) is 4.74 Å². The number of aromatic nitrogens is 5. The molecule has 0 saturated carbocycles. The molecule has 0 saturated heterocycles. The second-order valence-electron chi connectivity index (χ2n) is 6.60. The van der Waals surface area contributed by atoms with Gasteiger partial charge in [-0.2, -0.15) is 0 Å². The number of amides is 1. The molecular weight excluding hydrogens is 400 g/mol. The lowest BCUT2D eigenvalue weighted by Gasteiger charge is -2.08. The van der Waals surface area contributed by atoms with Gasteiger partial charge in [0.1, 0.15) is 12.1 Å². The molecular formula is C21H22N6O2S. The summed E-state index contributed by atoms with van der Waals surface area (Å²) in [6.45, 7) is 1.41. The van der Waals surface area contributed by atoms with Gasteiger partial charge in [-0.25, -0.2) is 4.98 Å². The maximum atomic E-state index is 12.2. The monoisotopic (exact) mass is 422 g/mol. The highest BCUT2D eigenvalue weighted by atomic mass is 32.2. The van der Waals surface area contributed by atoms with E-state index in [1.54, 1.807) is 13.4 Å². The van der Waals surface area contributed by atoms with Gasteiger partial charge in [-0.05, 0) is 42.8 Å². The average Bonchev–Trinajstić information content (AvgIpc) is 3.42. The molecule has 2 aromatic heterocycles. The molecule has 4 rings (SSSR count). The number of carbonyl (C=O) groups is 1. The van der Waals surface area contributed by atoms with Gasteiger partial charge < -0.3 is 14.6 Å². The van der Waals surface area contributed by atoms with Crippen LogP contribution in [0.2, 0.25) is 0 Å². The molecule has 154 valence electrons. The summed E-state index contributed by atoms with van der Waals surface area (Å²) < 4.78 is 9.14. The number of methoxy groups -OCH3 is 1. The number of nitrogens with one attached hydrogen (secondary N) is 1. The Bertz CT molecular complexity index is 1120. The second kappa shape index (κ2) is 9.45. The van der Waals surface area contributed by atoms with Crippen LogP contribution in [0.4, 0.5) is 0 Å². The van der Waals surface area contributed by atoms with Gasteiger partial charge in [-0.3, -0.25) is 9.36 Å². The number of para-hydroxylation sites is 2. The minimum atomic E-state index is -0.0280. The lowest BCUT2D eigenvalue weighted by atomic mass is 10.3. The zero-order valence-electron chi connectivity index (χ0n) is 16.6. The van der Waals surface area contributed by atoms with Crippen molar-refractivity contribution in [2.75, 3.05) is 19.4 Å². The molecule has 0 aliphatic rings. The minimum absolute atomic E-state index is 0.0280. The average molecular weight is 423 g/mol. The summed E-state index contributed by atoms with van der Waals surface area (Å²) >= 11 is 1.36. The molecule has 0 atom stereocenters. The van der Waals surface area contributed by atoms with E-state index >= 15 is 0 Å². The van der Waals surface area contributed by atoms with E-state index in [0.29, 0.717) is 11.7 Å². The number of ether oxygens (including phenoxy) is 1. The van der Waals surface area contributed by atoms with E-state index in [2.05, 4.69) is 31.1 Å². The van der Waals surface area contributed by atoms with Crippen LogP contribution in [0, 0.1) is 0 Å². The lowest BCUT2D eigenvalue weighted by Crippen LogP contribution is -2.27. The van der Waals surface area contributed by atoms with Gasteiger partial charge in [-0.15, -0.1) is 10.2 Å². The number of hydrogen-bond acceptors (Lipinski definition) is 6. The maximum Gasteiger partial charge on any atom is 0.230 e. The van der Waals surface area contributed by atoms with Crippen molar-refractivity contribution in [1.82, 2.24) is 29.6 Å². The van der Waals surface area contributed by atoms with Crippen molar-refractivity contribution in [3.63, 3.8) is 0 Å². The number of fused-ring (bicyclic) bond motifs is 1. The first-order valence-electron chi connectivity index (χ1n) is 9.58. The normalized spacial score (nSPS) is 11.0. The summed E-state index contributed by atoms with van der Waals surface area (Å²) in [6.07, 6.45) is 4.31. The van der Waals surface area contributed by atoms with Crippen molar-refractivity contribution < 1.29 is 9.53 Å². The van der Waals surface area contributed by atoms with Crippen molar-refractivity contribution >= 4 is 28.7 Å². The van der Waals surface area contributed by atoms with Crippen molar-refractivity contribution in [2.45, 2.75) is 18.1 Å². The summed E-state index contributed by atoms with van der Waals surface area (Å²) in [5.74, 6) is 1.03. The van der Waals surface area contributed by atoms with Gasteiger partial charge in [0.05, 0.1) is 30.2 Å². The predicted octanol–water partition coefficient (Wildman–Crippen LogP) is 2.92. The smallest absolute Gasteiger partial charge is 0.230 e. The third kappa shape index (κ3) is 4.62. The predicted molar refractivity (Wildman–Crippen MR) is 116 cm³/mol. The van der Waals surface area contributed by atoms with Gasteiger partial charge >= 0.3 is 0 Å². The minimum Gasteiger partial charge on any atom is -0.497 e. The van der Waals surface area contributed by atoms with Crippen LogP contribution in [0.15, 0.2) is 66.3 Å². The molecule has 0 radical (unpaired) electrons. The summed E-state index contributed by atoms with van der Waals surface area (Å²) in [7, 11) is 1.63. The van der Waals surface area contributed by atoms with Crippen LogP contribution in [-0.4, -0.2) is 49.6 Å². The Hall–Kier alpha value is -3.33. The first kappa shape index (κ1) is 20.0. The number of hydrogen-bond donors (Lipinski definition) is 1. The summed E-state index contributed by atoms with van der Waals surface area (Å²) in [4.78, 5) is 16.6. The summed E-state index contributed by atoms with van der Waals surface area (Å²) in [5, 5.41) is 11.7. The molecule has 0 spiro atoms. The van der Waals surface area contributed by atoms with Crippen LogP contribution in [0.5, 0.6) is 5.75 Å². The molecule has 8 nitrogen and oxygen atoms in total. The quantitative estimate of drug-likeness (QED) is 0.330. The van der Waals surface area contributed by atoms with Gasteiger partial charge in [0.25, 0.3) is 0 Å². The fourth-order valence-corrected chi connectivity index (χ4v) is 3.85. The molecule has 0 aliphatic carbocycles. The van der Waals surface area contributed by atoms with Crippen LogP contribution < -0.4 is 10.1 Å². The van der Waals surface area contributed by atoms with Crippen LogP contribution in [0.3, 0.4) is 0 Å². The fourth-order valence-electron chi connectivity index (χ4n) is 3.09. The van der Waals surface area contributed by atoms with E-state index < -0.39 is 0 Å². The molecule has 9 heteroatoms. The fraction of sp³-hybridized carbons (Fsp3) is 0.238. The van der Waals surface area contributed by atoms with Gasteiger partial charge in [0.15, 0.2) is 5.16 Å². The largest absolute Gasteiger partial charge is 0.497 e. The third-order valence-corrected chi connectivity index (χ3v) is 5.57. The van der Waals surface area contributed by atoms with Gasteiger partial charge in [0.2, 0.25) is 5.91 Å². The third-order valence-electron chi connectivity index (χ3n) is 4.62. The van der Waals surface area contributed by atoms with E-state index in [0.717, 1.165) is 35.4 Å². The van der Waals surface area contributed by atoms with Crippen LogP contribution >= 0.6 is 11.8 Å². The molecule has 0 fully saturated rings. The Kier molecular flexibility index (Phi) is 6.29. The molecule has 1 amide bonds. The molecule has 0 unspecified atom stereocenters. The van der Waals surface area contributed by atoms with Gasteiger partial charge in [-0.1, -0.05) is 23.9 Å². The zero-order valence-corrected chi connectivity index (χ0v) is 17.4. The van der Waals surface area contributed by atoms with Crippen molar-refractivity contribution in [1.29, 1.82) is 0 Å². The van der Waals surface area contributed by atoms with E-state index in [1.165, 1.54) is 11.8 Å². The first-order chi connectivity index (χ1) is 14.7. The molecule has 4 aromatic rings. The number of benzene rings is 2. The van der Waals surface area contributed by atoms with Crippen molar-refractivity contribution in [3.8, 4) is 11.4 Å². The first-order valence-corrected chi connectivity index (χ1v) is 10.6. The van der Waals surface area contributed by atoms with Crippen LogP contribution in [0.25, 0.3) is 16.7 Å². The maximum absolute atomic E-state index is 12.2. The Morgan fingerprint density at radius 1 is 1.13 bits per heavy atom. The number of carbonyl (C=O) groups excluding carboxylic acids is 1. The van der Waals surface area contributed by atoms with Crippen LogP contribution in [-0.2, 0) is 11.3 Å². The highest BCUT2D eigenvalue weighted by Crippen LogP contribution is 2.21. The van der Waals surface area contributed by atoms with E-state index in [9.17, 15) is 4.79 Å². The van der Waals surface area contributed by atoms with Crippen molar-refractivity contribution in [2.24, 2.45) is 0 Å². The molecule has 2 aromatic carbocycles. The Labute approximate surface area is 178 Å². The van der Waals surface area contributed by atoms with Crippen molar-refractivity contribution in [3.05, 3.63) is 61.2 Å². The molecule has 2 heterocycles. The van der Waals surface area contributed by atoms with Gasteiger partial charge in [0, 0.05) is 18.8 Å². The number of thioether (sulfide) groups is 1. The van der Waals surface area contributed by atoms with E-state index in [1.807, 2.05) is 53.4 Å². The Balaban J connectivity index is 1.24. The number of aryl methyl sites for hydroxylation is 1. The SMILES string of the molecule is COc1ccc(-n2cnnc2SCC(=O)NCCCn2cnc3ccccc32)cc1. The Morgan fingerprint density at radius 3 is 2.80 bits per heavy atom. The molecule has 1 N–H and O–H groups in total. The number of rotatable bonds is 9. The number of nitrogens with zero attached hydrogens (tertiary/aromatic N) is 5. The lowest BCUT2D eigenvalue weighted by molar-refractivity contribution is -0.118.